The number of aliphatic hydroxyl groups is 1. The van der Waals surface area contributed by atoms with Crippen LogP contribution in [-0.2, 0) is 9.53 Å². The van der Waals surface area contributed by atoms with Gasteiger partial charge in [0.1, 0.15) is 5.78 Å². The van der Waals surface area contributed by atoms with Crippen molar-refractivity contribution in [1.29, 1.82) is 0 Å². The van der Waals surface area contributed by atoms with Crippen LogP contribution in [0.15, 0.2) is 0 Å². The predicted octanol–water partition coefficient (Wildman–Crippen LogP) is 5.78. The van der Waals surface area contributed by atoms with Gasteiger partial charge in [0.05, 0.1) is 6.10 Å². The van der Waals surface area contributed by atoms with E-state index in [1.54, 1.807) is 0 Å². The van der Waals surface area contributed by atoms with E-state index in [4.69, 9.17) is 9.84 Å². The molecule has 1 N–H and O–H groups in total. The van der Waals surface area contributed by atoms with E-state index >= 15 is 0 Å². The van der Waals surface area contributed by atoms with Gasteiger partial charge in [-0.15, -0.1) is 0 Å². The summed E-state index contributed by atoms with van der Waals surface area (Å²) in [5.74, 6) is 3.95. The molecule has 4 aliphatic carbocycles. The van der Waals surface area contributed by atoms with E-state index in [0.717, 1.165) is 56.5 Å². The number of ether oxygens (including phenoxy) is 1. The summed E-state index contributed by atoms with van der Waals surface area (Å²) in [6, 6.07) is 0. The molecule has 0 unspecified atom stereocenters. The zero-order valence-corrected chi connectivity index (χ0v) is 19.1. The number of ketones is 1. The van der Waals surface area contributed by atoms with Crippen molar-refractivity contribution in [1.82, 2.24) is 0 Å². The fourth-order valence-corrected chi connectivity index (χ4v) is 8.42. The van der Waals surface area contributed by atoms with Crippen molar-refractivity contribution >= 4 is 5.78 Å². The van der Waals surface area contributed by atoms with Gasteiger partial charge in [0.15, 0.2) is 0 Å². The Bertz CT molecular complexity index is 589. The topological polar surface area (TPSA) is 46.5 Å². The lowest BCUT2D eigenvalue weighted by Crippen LogP contribution is -2.55. The van der Waals surface area contributed by atoms with Crippen molar-refractivity contribution in [3.8, 4) is 0 Å². The number of carbonyl (C=O) groups excluding carboxylic acids is 1. The lowest BCUT2D eigenvalue weighted by atomic mass is 9.44. The molecule has 0 aromatic heterocycles. The summed E-state index contributed by atoms with van der Waals surface area (Å²) in [6.07, 6.45) is 14.7. The Morgan fingerprint density at radius 3 is 2.52 bits per heavy atom. The summed E-state index contributed by atoms with van der Waals surface area (Å²) in [4.78, 5) is 12.4. The Morgan fingerprint density at radius 1 is 0.966 bits per heavy atom. The number of rotatable bonds is 7. The standard InChI is InChI=1S/C26H44O3/c1-18-17-26(3)19(16-23(18)28)8-9-20-21-10-11-24(25(21,2)13-12-22(20)26)29-15-7-5-4-6-14-27/h18-22,24,27H,4-17H2,1-3H3/t18-,19+,20+,21+,22+,24+,25+,26+/m1/s1. The van der Waals surface area contributed by atoms with Crippen molar-refractivity contribution in [3.05, 3.63) is 0 Å². The molecule has 3 nitrogen and oxygen atoms in total. The van der Waals surface area contributed by atoms with E-state index in [-0.39, 0.29) is 5.92 Å². The van der Waals surface area contributed by atoms with Gasteiger partial charge >= 0.3 is 0 Å². The fraction of sp³-hybridized carbons (Fsp3) is 0.962. The summed E-state index contributed by atoms with van der Waals surface area (Å²) in [7, 11) is 0. The van der Waals surface area contributed by atoms with Gasteiger partial charge in [-0.05, 0) is 92.3 Å². The first-order chi connectivity index (χ1) is 13.9. The zero-order chi connectivity index (χ0) is 20.6. The molecule has 0 bridgehead atoms. The summed E-state index contributed by atoms with van der Waals surface area (Å²) in [5, 5.41) is 8.92. The highest BCUT2D eigenvalue weighted by atomic mass is 16.5. The number of hydrogen-bond donors (Lipinski definition) is 1. The van der Waals surface area contributed by atoms with Crippen molar-refractivity contribution in [2.75, 3.05) is 13.2 Å². The minimum Gasteiger partial charge on any atom is -0.396 e. The molecule has 0 aromatic rings. The smallest absolute Gasteiger partial charge is 0.136 e. The molecule has 3 heteroatoms. The normalized spacial score (nSPS) is 46.8. The van der Waals surface area contributed by atoms with Gasteiger partial charge in [-0.25, -0.2) is 0 Å². The first kappa shape index (κ1) is 21.8. The molecule has 0 radical (unpaired) electrons. The quantitative estimate of drug-likeness (QED) is 0.547. The van der Waals surface area contributed by atoms with E-state index < -0.39 is 0 Å². The highest BCUT2D eigenvalue weighted by Crippen LogP contribution is 2.66. The largest absolute Gasteiger partial charge is 0.396 e. The lowest BCUT2D eigenvalue weighted by Gasteiger charge is -2.60. The first-order valence-electron chi connectivity index (χ1n) is 12.7. The second kappa shape index (κ2) is 8.61. The molecule has 0 spiro atoms. The van der Waals surface area contributed by atoms with Gasteiger partial charge in [-0.3, -0.25) is 4.79 Å². The summed E-state index contributed by atoms with van der Waals surface area (Å²) >= 11 is 0. The molecular weight excluding hydrogens is 360 g/mol. The number of unbranched alkanes of at least 4 members (excludes halogenated alkanes) is 3. The number of hydrogen-bond acceptors (Lipinski definition) is 3. The summed E-state index contributed by atoms with van der Waals surface area (Å²) < 4.78 is 6.49. The van der Waals surface area contributed by atoms with Crippen molar-refractivity contribution in [2.24, 2.45) is 40.4 Å². The van der Waals surface area contributed by atoms with Crippen LogP contribution in [0.2, 0.25) is 0 Å². The number of fused-ring (bicyclic) bond motifs is 5. The molecule has 0 heterocycles. The summed E-state index contributed by atoms with van der Waals surface area (Å²) in [5.41, 5.74) is 0.759. The highest BCUT2D eigenvalue weighted by molar-refractivity contribution is 5.82. The Balaban J connectivity index is 1.39. The molecule has 8 atom stereocenters. The van der Waals surface area contributed by atoms with Crippen LogP contribution in [-0.4, -0.2) is 30.2 Å². The number of Topliss-reactive ketones (excluding diaryl/α,β-unsaturated/α-hetero) is 1. The number of aliphatic hydroxyl groups excluding tert-OH is 1. The Kier molecular flexibility index (Phi) is 6.48. The maximum atomic E-state index is 12.4. The van der Waals surface area contributed by atoms with Crippen LogP contribution < -0.4 is 0 Å². The second-order valence-corrected chi connectivity index (χ2v) is 11.6. The molecule has 4 fully saturated rings. The minimum atomic E-state index is 0.272. The second-order valence-electron chi connectivity index (χ2n) is 11.6. The molecule has 4 aliphatic rings. The van der Waals surface area contributed by atoms with Crippen molar-refractivity contribution < 1.29 is 14.6 Å². The number of carbonyl (C=O) groups is 1. The molecule has 0 aliphatic heterocycles. The van der Waals surface area contributed by atoms with E-state index in [2.05, 4.69) is 20.8 Å². The fourth-order valence-electron chi connectivity index (χ4n) is 8.42. The van der Waals surface area contributed by atoms with Gasteiger partial charge in [-0.2, -0.15) is 0 Å². The molecule has 4 rings (SSSR count). The van der Waals surface area contributed by atoms with E-state index in [1.165, 1.54) is 44.9 Å². The third-order valence-electron chi connectivity index (χ3n) is 10.1. The maximum Gasteiger partial charge on any atom is 0.136 e. The Morgan fingerprint density at radius 2 is 1.72 bits per heavy atom. The molecule has 0 saturated heterocycles. The van der Waals surface area contributed by atoms with Gasteiger partial charge in [0, 0.05) is 25.6 Å². The minimum absolute atomic E-state index is 0.272. The Hall–Kier alpha value is -0.410. The van der Waals surface area contributed by atoms with Crippen LogP contribution in [0.25, 0.3) is 0 Å². The van der Waals surface area contributed by atoms with E-state index in [0.29, 0.717) is 35.2 Å². The van der Waals surface area contributed by atoms with E-state index in [9.17, 15) is 4.79 Å². The van der Waals surface area contributed by atoms with Gasteiger partial charge in [-0.1, -0.05) is 33.6 Å². The van der Waals surface area contributed by atoms with Gasteiger partial charge in [0.25, 0.3) is 0 Å². The van der Waals surface area contributed by atoms with E-state index in [1.807, 2.05) is 0 Å². The van der Waals surface area contributed by atoms with Crippen LogP contribution in [0.1, 0.15) is 97.8 Å². The predicted molar refractivity (Wildman–Crippen MR) is 117 cm³/mol. The average Bonchev–Trinajstić information content (AvgIpc) is 3.02. The van der Waals surface area contributed by atoms with Crippen LogP contribution in [0.3, 0.4) is 0 Å². The van der Waals surface area contributed by atoms with Crippen LogP contribution in [0.4, 0.5) is 0 Å². The van der Waals surface area contributed by atoms with Crippen LogP contribution in [0.5, 0.6) is 0 Å². The molecular formula is C26H44O3. The highest BCUT2D eigenvalue weighted by Gasteiger charge is 2.61. The maximum absolute atomic E-state index is 12.4. The SMILES string of the molecule is C[C@@H]1C[C@@]2(C)[C@@H](CC[C@@H]3[C@@H]2CC[C@]2(C)[C@@H](OCCCCCCO)CC[C@@H]32)CC1=O. The van der Waals surface area contributed by atoms with Crippen LogP contribution in [0, 0.1) is 40.4 Å². The summed E-state index contributed by atoms with van der Waals surface area (Å²) in [6.45, 7) is 8.49. The molecule has 0 amide bonds. The first-order valence-corrected chi connectivity index (χ1v) is 12.7. The molecule has 0 aromatic carbocycles. The van der Waals surface area contributed by atoms with Crippen LogP contribution >= 0.6 is 0 Å². The molecule has 166 valence electrons. The van der Waals surface area contributed by atoms with Crippen molar-refractivity contribution in [3.63, 3.8) is 0 Å². The van der Waals surface area contributed by atoms with Gasteiger partial charge < -0.3 is 9.84 Å². The third kappa shape index (κ3) is 3.84. The molecule has 29 heavy (non-hydrogen) atoms. The van der Waals surface area contributed by atoms with Gasteiger partial charge in [0.2, 0.25) is 0 Å². The van der Waals surface area contributed by atoms with Crippen molar-refractivity contribution in [2.45, 2.75) is 104 Å². The third-order valence-corrected chi connectivity index (χ3v) is 10.1. The Labute approximate surface area is 178 Å². The lowest BCUT2D eigenvalue weighted by molar-refractivity contribution is -0.151. The zero-order valence-electron chi connectivity index (χ0n) is 19.1. The molecule has 4 saturated carbocycles. The average molecular weight is 405 g/mol. The monoisotopic (exact) mass is 404 g/mol.